The zero-order valence-electron chi connectivity index (χ0n) is 21.6. The number of nitrogen functional groups attached to an aromatic ring is 2. The second-order valence-electron chi connectivity index (χ2n) is 8.70. The van der Waals surface area contributed by atoms with Crippen LogP contribution >= 0.6 is 0 Å². The Morgan fingerprint density at radius 3 is 2.33 bits per heavy atom. The van der Waals surface area contributed by atoms with Gasteiger partial charge in [-0.1, -0.05) is 0 Å². The molecule has 0 unspecified atom stereocenters. The first kappa shape index (κ1) is 27.8. The van der Waals surface area contributed by atoms with E-state index < -0.39 is 5.82 Å². The summed E-state index contributed by atoms with van der Waals surface area (Å²) in [6.45, 7) is 4.90. The molecule has 2 heterocycles. The summed E-state index contributed by atoms with van der Waals surface area (Å²) in [4.78, 5) is 10.8. The van der Waals surface area contributed by atoms with Crippen molar-refractivity contribution in [3.8, 4) is 23.1 Å². The van der Waals surface area contributed by atoms with Crippen LogP contribution in [0, 0.1) is 11.6 Å². The van der Waals surface area contributed by atoms with Crippen molar-refractivity contribution >= 4 is 22.3 Å². The van der Waals surface area contributed by atoms with Gasteiger partial charge >= 0.3 is 0 Å². The Balaban J connectivity index is 0.000000379. The highest BCUT2D eigenvalue weighted by atomic mass is 19.1. The largest absolute Gasteiger partial charge is 0.493 e. The summed E-state index contributed by atoms with van der Waals surface area (Å²) in [5.74, 6) is 0.531. The molecule has 1 aliphatic rings. The number of nitrogens with two attached hydrogens (primary N) is 2. The van der Waals surface area contributed by atoms with Crippen molar-refractivity contribution in [1.82, 2.24) is 14.9 Å². The summed E-state index contributed by atoms with van der Waals surface area (Å²) in [7, 11) is 1.57. The second kappa shape index (κ2) is 13.5. The molecule has 39 heavy (non-hydrogen) atoms. The average Bonchev–Trinajstić information content (AvgIpc) is 2.95. The minimum Gasteiger partial charge on any atom is -0.493 e. The van der Waals surface area contributed by atoms with E-state index in [1.54, 1.807) is 25.3 Å². The van der Waals surface area contributed by atoms with Crippen molar-refractivity contribution in [2.45, 2.75) is 6.42 Å². The molecule has 0 aliphatic carbocycles. The van der Waals surface area contributed by atoms with E-state index in [0.29, 0.717) is 40.4 Å². The highest BCUT2D eigenvalue weighted by Crippen LogP contribution is 2.36. The fourth-order valence-electron chi connectivity index (χ4n) is 3.86. The number of benzene rings is 3. The number of ether oxygens (including phenoxy) is 4. The third-order valence-corrected chi connectivity index (χ3v) is 5.90. The quantitative estimate of drug-likeness (QED) is 0.243. The molecule has 1 aliphatic heterocycles. The van der Waals surface area contributed by atoms with Gasteiger partial charge in [0.2, 0.25) is 5.88 Å². The topological polar surface area (TPSA) is 118 Å². The predicted octanol–water partition coefficient (Wildman–Crippen LogP) is 4.66. The average molecular weight is 540 g/mol. The van der Waals surface area contributed by atoms with Crippen LogP contribution < -0.4 is 25.7 Å². The highest BCUT2D eigenvalue weighted by molar-refractivity contribution is 5.87. The standard InChI is InChI=1S/C22H25FN4O4.C6H6FN/c1-28-20-13-18-16(12-21(20)30-8-2-5-27-6-9-29-10-7-27)22(26-14-25-18)31-19-4-3-15(24)11-17(19)23;7-5-1-3-6(8)4-2-5/h3-4,11-14H,2,5-10,24H2,1H3;1-4H,8H2. The predicted molar refractivity (Wildman–Crippen MR) is 145 cm³/mol. The van der Waals surface area contributed by atoms with Gasteiger partial charge in [-0.05, 0) is 48.9 Å². The number of methoxy groups -OCH3 is 1. The fraction of sp³-hybridized carbons (Fsp3) is 0.286. The van der Waals surface area contributed by atoms with Crippen molar-refractivity contribution in [1.29, 1.82) is 0 Å². The molecule has 1 saturated heterocycles. The normalized spacial score (nSPS) is 13.4. The summed E-state index contributed by atoms with van der Waals surface area (Å²) in [6.07, 6.45) is 2.22. The van der Waals surface area contributed by atoms with Gasteiger partial charge in [-0.15, -0.1) is 0 Å². The summed E-state index contributed by atoms with van der Waals surface area (Å²) < 4.78 is 48.8. The van der Waals surface area contributed by atoms with Gasteiger partial charge in [-0.25, -0.2) is 18.7 Å². The van der Waals surface area contributed by atoms with E-state index in [4.69, 9.17) is 30.4 Å². The molecule has 11 heteroatoms. The maximum atomic E-state index is 14.2. The van der Waals surface area contributed by atoms with E-state index in [9.17, 15) is 8.78 Å². The molecule has 1 fully saturated rings. The van der Waals surface area contributed by atoms with Crippen molar-refractivity contribution in [2.24, 2.45) is 0 Å². The number of hydrogen-bond donors (Lipinski definition) is 2. The first-order valence-electron chi connectivity index (χ1n) is 12.4. The number of morpholine rings is 1. The molecular formula is C28H31F2N5O4. The monoisotopic (exact) mass is 539 g/mol. The van der Waals surface area contributed by atoms with Gasteiger partial charge in [0.15, 0.2) is 23.1 Å². The van der Waals surface area contributed by atoms with E-state index >= 15 is 0 Å². The van der Waals surface area contributed by atoms with Gasteiger partial charge in [0.05, 0.1) is 37.8 Å². The number of halogens is 2. The Bertz CT molecular complexity index is 1350. The van der Waals surface area contributed by atoms with Crippen molar-refractivity contribution in [3.63, 3.8) is 0 Å². The van der Waals surface area contributed by atoms with Crippen LogP contribution in [0.4, 0.5) is 20.2 Å². The third kappa shape index (κ3) is 7.88. The minimum atomic E-state index is -0.570. The van der Waals surface area contributed by atoms with Crippen LogP contribution in [0.5, 0.6) is 23.1 Å². The maximum Gasteiger partial charge on any atom is 0.230 e. The van der Waals surface area contributed by atoms with E-state index in [1.165, 1.54) is 42.7 Å². The highest BCUT2D eigenvalue weighted by Gasteiger charge is 2.15. The van der Waals surface area contributed by atoms with Crippen LogP contribution in [0.2, 0.25) is 0 Å². The van der Waals surface area contributed by atoms with Crippen LogP contribution in [-0.4, -0.2) is 61.4 Å². The van der Waals surface area contributed by atoms with E-state index in [0.717, 1.165) is 39.3 Å². The number of anilines is 2. The first-order chi connectivity index (χ1) is 18.9. The lowest BCUT2D eigenvalue weighted by molar-refractivity contribution is 0.0357. The van der Waals surface area contributed by atoms with Gasteiger partial charge in [0.25, 0.3) is 0 Å². The molecular weight excluding hydrogens is 508 g/mol. The fourth-order valence-corrected chi connectivity index (χ4v) is 3.86. The SMILES string of the molecule is COc1cc2ncnc(Oc3ccc(N)cc3F)c2cc1OCCCN1CCOCC1.Nc1ccc(F)cc1. The summed E-state index contributed by atoms with van der Waals surface area (Å²) >= 11 is 0. The van der Waals surface area contributed by atoms with Crippen molar-refractivity contribution in [2.75, 3.05) is 58.0 Å². The Morgan fingerprint density at radius 2 is 1.64 bits per heavy atom. The summed E-state index contributed by atoms with van der Waals surface area (Å²) in [5.41, 5.74) is 12.4. The van der Waals surface area contributed by atoms with E-state index in [2.05, 4.69) is 14.9 Å². The summed E-state index contributed by atoms with van der Waals surface area (Å²) in [6, 6.07) is 13.4. The van der Waals surface area contributed by atoms with Gasteiger partial charge in [0.1, 0.15) is 12.1 Å². The van der Waals surface area contributed by atoms with Crippen molar-refractivity contribution < 1.29 is 27.7 Å². The molecule has 0 saturated carbocycles. The van der Waals surface area contributed by atoms with Crippen LogP contribution in [0.3, 0.4) is 0 Å². The Labute approximate surface area is 225 Å². The lowest BCUT2D eigenvalue weighted by atomic mass is 10.2. The zero-order valence-corrected chi connectivity index (χ0v) is 21.6. The molecule has 4 aromatic rings. The van der Waals surface area contributed by atoms with E-state index in [1.807, 2.05) is 0 Å². The molecule has 3 aromatic carbocycles. The molecule has 1 aromatic heterocycles. The molecule has 206 valence electrons. The van der Waals surface area contributed by atoms with Crippen LogP contribution in [0.1, 0.15) is 6.42 Å². The number of nitrogens with zero attached hydrogens (tertiary/aromatic N) is 3. The number of aromatic nitrogens is 2. The van der Waals surface area contributed by atoms with Gasteiger partial charge in [0, 0.05) is 43.1 Å². The van der Waals surface area contributed by atoms with Crippen LogP contribution in [0.25, 0.3) is 10.9 Å². The number of fused-ring (bicyclic) bond motifs is 1. The maximum absolute atomic E-state index is 14.2. The Kier molecular flexibility index (Phi) is 9.65. The molecule has 0 radical (unpaired) electrons. The van der Waals surface area contributed by atoms with Crippen LogP contribution in [-0.2, 0) is 4.74 Å². The number of hydrogen-bond acceptors (Lipinski definition) is 9. The van der Waals surface area contributed by atoms with E-state index in [-0.39, 0.29) is 17.4 Å². The minimum absolute atomic E-state index is 0.0259. The molecule has 4 N–H and O–H groups in total. The molecule has 0 amide bonds. The Morgan fingerprint density at radius 1 is 0.897 bits per heavy atom. The van der Waals surface area contributed by atoms with Gasteiger partial charge in [-0.3, -0.25) is 4.90 Å². The lowest BCUT2D eigenvalue weighted by Crippen LogP contribution is -2.37. The smallest absolute Gasteiger partial charge is 0.230 e. The van der Waals surface area contributed by atoms with Crippen LogP contribution in [0.15, 0.2) is 60.9 Å². The molecule has 5 rings (SSSR count). The van der Waals surface area contributed by atoms with Crippen molar-refractivity contribution in [3.05, 3.63) is 72.6 Å². The third-order valence-electron chi connectivity index (χ3n) is 5.90. The lowest BCUT2D eigenvalue weighted by Gasteiger charge is -2.26. The first-order valence-corrected chi connectivity index (χ1v) is 12.4. The number of rotatable bonds is 8. The zero-order chi connectivity index (χ0) is 27.6. The van der Waals surface area contributed by atoms with Gasteiger partial charge in [-0.2, -0.15) is 0 Å². The molecule has 0 spiro atoms. The molecule has 0 atom stereocenters. The summed E-state index contributed by atoms with van der Waals surface area (Å²) in [5, 5.41) is 0.586. The molecule has 0 bridgehead atoms. The second-order valence-corrected chi connectivity index (χ2v) is 8.70. The Hall–Kier alpha value is -4.22. The van der Waals surface area contributed by atoms with Gasteiger partial charge < -0.3 is 30.4 Å². The molecule has 9 nitrogen and oxygen atoms in total.